The van der Waals surface area contributed by atoms with Crippen molar-refractivity contribution in [2.45, 2.75) is 23.6 Å². The molecule has 0 saturated heterocycles. The number of rotatable bonds is 8. The number of para-hydroxylation sites is 2. The molecule has 0 amide bonds. The summed E-state index contributed by atoms with van der Waals surface area (Å²) in [5, 5.41) is 30.8. The summed E-state index contributed by atoms with van der Waals surface area (Å²) in [4.78, 5) is 24.9. The van der Waals surface area contributed by atoms with Crippen LogP contribution in [0.3, 0.4) is 0 Å². The Morgan fingerprint density at radius 2 is 1.18 bits per heavy atom. The van der Waals surface area contributed by atoms with Crippen molar-refractivity contribution >= 4 is 45.5 Å². The van der Waals surface area contributed by atoms with E-state index >= 15 is 0 Å². The van der Waals surface area contributed by atoms with Crippen LogP contribution in [0.2, 0.25) is 0 Å². The minimum Gasteiger partial charge on any atom is -0.545 e. The fourth-order valence-corrected chi connectivity index (χ4v) is 5.16. The second-order valence-corrected chi connectivity index (χ2v) is 9.50. The van der Waals surface area contributed by atoms with Crippen LogP contribution in [0.5, 0.6) is 0 Å². The van der Waals surface area contributed by atoms with Gasteiger partial charge in [-0.15, -0.1) is 0 Å². The molecule has 0 aliphatic rings. The summed E-state index contributed by atoms with van der Waals surface area (Å²) >= 11 is 0. The van der Waals surface area contributed by atoms with Gasteiger partial charge in [0.05, 0.1) is 33.3 Å². The molecular weight excluding hydrogens is 522 g/mol. The first kappa shape index (κ1) is 31.8. The van der Waals surface area contributed by atoms with Crippen molar-refractivity contribution in [2.24, 2.45) is 0 Å². The smallest absolute Gasteiger partial charge is 0.545 e. The molecule has 4 aromatic rings. The minimum absolute atomic E-state index is 0. The first-order chi connectivity index (χ1) is 17.3. The van der Waals surface area contributed by atoms with Gasteiger partial charge < -0.3 is 30.4 Å². The number of aryl methyl sites for hydroxylation is 2. The van der Waals surface area contributed by atoms with Gasteiger partial charge in [-0.25, -0.2) is 4.21 Å². The molecule has 10 heteroatoms. The van der Waals surface area contributed by atoms with Crippen molar-refractivity contribution < 1.29 is 83.1 Å². The number of carboxylic acid groups (broad SMARTS) is 2. The Bertz CT molecular complexity index is 1500. The molecule has 0 aliphatic carbocycles. The molecule has 0 heterocycles. The Morgan fingerprint density at radius 1 is 0.684 bits per heavy atom. The van der Waals surface area contributed by atoms with Crippen molar-refractivity contribution in [1.29, 1.82) is 0 Å². The number of hydrogen-bond acceptors (Lipinski definition) is 7. The first-order valence-corrected chi connectivity index (χ1v) is 12.2. The number of anilines is 4. The standard InChI is InChI=1S/C28H24N2O5S.2Na/c1-17-10-6-8-14-21(17)29-23-16-20(27(31)32)25(30-22-15-9-7-11-18(22)2)26(24(23)28(33)34)36(35)19-12-4-3-5-13-19;;/h3-16,29-30H,1-2H3,(H,31,32)(H,33,34);;/q;2*+1/p-2. The van der Waals surface area contributed by atoms with Crippen molar-refractivity contribution in [2.75, 3.05) is 10.6 Å². The van der Waals surface area contributed by atoms with E-state index in [1.54, 1.807) is 54.6 Å². The van der Waals surface area contributed by atoms with E-state index in [0.717, 1.165) is 11.1 Å². The maximum absolute atomic E-state index is 13.9. The van der Waals surface area contributed by atoms with Crippen molar-refractivity contribution in [3.8, 4) is 0 Å². The topological polar surface area (TPSA) is 121 Å². The number of hydrogen-bond donors (Lipinski definition) is 2. The molecule has 1 atom stereocenters. The Labute approximate surface area is 267 Å². The van der Waals surface area contributed by atoms with E-state index in [0.29, 0.717) is 16.3 Å². The van der Waals surface area contributed by atoms with Crippen molar-refractivity contribution in [3.05, 3.63) is 107 Å². The van der Waals surface area contributed by atoms with E-state index < -0.39 is 28.3 Å². The minimum atomic E-state index is -2.09. The van der Waals surface area contributed by atoms with E-state index in [1.165, 1.54) is 6.07 Å². The number of carbonyl (C=O) groups excluding carboxylic acids is 2. The summed E-state index contributed by atoms with van der Waals surface area (Å²) in [6, 6.07) is 23.6. The van der Waals surface area contributed by atoms with E-state index in [2.05, 4.69) is 10.6 Å². The van der Waals surface area contributed by atoms with Crippen LogP contribution in [0.15, 0.2) is 94.7 Å². The summed E-state index contributed by atoms with van der Waals surface area (Å²) in [6.45, 7) is 3.63. The second kappa shape index (κ2) is 14.1. The number of nitrogens with one attached hydrogen (secondary N) is 2. The number of carboxylic acids is 2. The molecule has 0 saturated carbocycles. The maximum Gasteiger partial charge on any atom is 1.00 e. The van der Waals surface area contributed by atoms with Crippen molar-refractivity contribution in [3.63, 3.8) is 0 Å². The fraction of sp³-hybridized carbons (Fsp3) is 0.0714. The van der Waals surface area contributed by atoms with Gasteiger partial charge in [-0.05, 0) is 55.3 Å². The van der Waals surface area contributed by atoms with Crippen LogP contribution in [0.25, 0.3) is 0 Å². The van der Waals surface area contributed by atoms with Crippen LogP contribution in [0.1, 0.15) is 31.8 Å². The van der Waals surface area contributed by atoms with E-state index in [1.807, 2.05) is 38.1 Å². The molecule has 0 fully saturated rings. The zero-order valence-electron chi connectivity index (χ0n) is 21.5. The molecular formula is C28H22N2Na2O5S. The largest absolute Gasteiger partial charge is 1.00 e. The fourth-order valence-electron chi connectivity index (χ4n) is 3.80. The molecule has 182 valence electrons. The molecule has 4 aromatic carbocycles. The zero-order valence-corrected chi connectivity index (χ0v) is 26.3. The Kier molecular flexibility index (Phi) is 11.8. The van der Waals surface area contributed by atoms with Crippen LogP contribution in [0, 0.1) is 13.8 Å². The van der Waals surface area contributed by atoms with E-state index in [-0.39, 0.29) is 80.9 Å². The summed E-state index contributed by atoms with van der Waals surface area (Å²) in [7, 11) is -2.09. The summed E-state index contributed by atoms with van der Waals surface area (Å²) in [5.74, 6) is -3.17. The Balaban J connectivity index is 0.00000253. The predicted molar refractivity (Wildman–Crippen MR) is 135 cm³/mol. The Morgan fingerprint density at radius 3 is 1.68 bits per heavy atom. The monoisotopic (exact) mass is 544 g/mol. The SMILES string of the molecule is Cc1ccccc1Nc1cc(C(=O)[O-])c(Nc2ccccc2C)c(S(=O)c2ccccc2)c1C(=O)[O-].[Na+].[Na+]. The zero-order chi connectivity index (χ0) is 25.8. The molecule has 0 spiro atoms. The van der Waals surface area contributed by atoms with Gasteiger partial charge in [0.25, 0.3) is 0 Å². The molecule has 0 radical (unpaired) electrons. The van der Waals surface area contributed by atoms with Gasteiger partial charge in [0.2, 0.25) is 0 Å². The van der Waals surface area contributed by atoms with Gasteiger partial charge in [0.1, 0.15) is 0 Å². The van der Waals surface area contributed by atoms with E-state index in [9.17, 15) is 24.0 Å². The predicted octanol–water partition coefficient (Wildman–Crippen LogP) is -2.31. The van der Waals surface area contributed by atoms with Gasteiger partial charge in [0.15, 0.2) is 0 Å². The van der Waals surface area contributed by atoms with Crippen LogP contribution in [-0.4, -0.2) is 16.1 Å². The molecule has 7 nitrogen and oxygen atoms in total. The third-order valence-corrected chi connectivity index (χ3v) is 7.15. The summed E-state index contributed by atoms with van der Waals surface area (Å²) in [6.07, 6.45) is 0. The average Bonchev–Trinajstić information content (AvgIpc) is 2.86. The van der Waals surface area contributed by atoms with Gasteiger partial charge in [-0.3, -0.25) is 0 Å². The quantitative estimate of drug-likeness (QED) is 0.239. The van der Waals surface area contributed by atoms with Gasteiger partial charge >= 0.3 is 59.1 Å². The maximum atomic E-state index is 13.9. The Hall–Kier alpha value is -2.43. The number of aromatic carboxylic acids is 2. The summed E-state index contributed by atoms with van der Waals surface area (Å²) < 4.78 is 13.9. The van der Waals surface area contributed by atoms with Gasteiger partial charge in [0, 0.05) is 33.1 Å². The van der Waals surface area contributed by atoms with Crippen LogP contribution >= 0.6 is 0 Å². The molecule has 0 aromatic heterocycles. The molecule has 2 N–H and O–H groups in total. The third-order valence-electron chi connectivity index (χ3n) is 5.67. The molecule has 1 unspecified atom stereocenters. The van der Waals surface area contributed by atoms with E-state index in [4.69, 9.17) is 0 Å². The molecule has 4 rings (SSSR count). The van der Waals surface area contributed by atoms with Crippen molar-refractivity contribution in [1.82, 2.24) is 0 Å². The number of benzene rings is 4. The first-order valence-electron chi connectivity index (χ1n) is 11.0. The molecule has 0 aliphatic heterocycles. The van der Waals surface area contributed by atoms with Crippen LogP contribution in [0.4, 0.5) is 22.7 Å². The third kappa shape index (κ3) is 6.95. The molecule has 0 bridgehead atoms. The second-order valence-electron chi connectivity index (χ2n) is 8.09. The average molecular weight is 545 g/mol. The van der Waals surface area contributed by atoms with Crippen LogP contribution < -0.4 is 80.0 Å². The van der Waals surface area contributed by atoms with Gasteiger partial charge in [-0.1, -0.05) is 54.6 Å². The van der Waals surface area contributed by atoms with Gasteiger partial charge in [-0.2, -0.15) is 0 Å². The summed E-state index contributed by atoms with van der Waals surface area (Å²) in [5.41, 5.74) is 1.68. The molecule has 38 heavy (non-hydrogen) atoms. The van der Waals surface area contributed by atoms with Crippen LogP contribution in [-0.2, 0) is 10.8 Å². The normalized spacial score (nSPS) is 10.9. The number of carbonyl (C=O) groups is 2.